The third-order valence-corrected chi connectivity index (χ3v) is 3.12. The molecule has 1 atom stereocenters. The molecule has 1 aliphatic heterocycles. The van der Waals surface area contributed by atoms with Crippen LogP contribution in [0.15, 0.2) is 18.2 Å². The van der Waals surface area contributed by atoms with Crippen LogP contribution in [0.1, 0.15) is 6.42 Å². The molecule has 4 nitrogen and oxygen atoms in total. The van der Waals surface area contributed by atoms with E-state index in [1.54, 1.807) is 0 Å². The number of halogens is 2. The molecule has 6 heteroatoms. The Hall–Kier alpha value is -1.17. The normalized spacial score (nSPS) is 20.1. The van der Waals surface area contributed by atoms with Gasteiger partial charge in [0.1, 0.15) is 5.82 Å². The van der Waals surface area contributed by atoms with Gasteiger partial charge in [-0.25, -0.2) is 4.39 Å². The van der Waals surface area contributed by atoms with E-state index >= 15 is 0 Å². The van der Waals surface area contributed by atoms with E-state index in [1.807, 2.05) is 4.90 Å². The van der Waals surface area contributed by atoms with Crippen LogP contribution in [-0.4, -0.2) is 36.5 Å². The summed E-state index contributed by atoms with van der Waals surface area (Å²) >= 11 is 5.63. The third kappa shape index (κ3) is 3.41. The van der Waals surface area contributed by atoms with Crippen molar-refractivity contribution in [3.05, 3.63) is 29.0 Å². The Labute approximate surface area is 110 Å². The van der Waals surface area contributed by atoms with Gasteiger partial charge in [-0.1, -0.05) is 11.6 Å². The average molecular weight is 272 g/mol. The molecule has 0 unspecified atom stereocenters. The van der Waals surface area contributed by atoms with E-state index in [0.717, 1.165) is 13.0 Å². The predicted octanol–water partition coefficient (Wildman–Crippen LogP) is 1.45. The van der Waals surface area contributed by atoms with Gasteiger partial charge in [0.15, 0.2) is 0 Å². The monoisotopic (exact) mass is 271 g/mol. The van der Waals surface area contributed by atoms with Gasteiger partial charge in [-0.2, -0.15) is 0 Å². The van der Waals surface area contributed by atoms with E-state index in [-0.39, 0.29) is 24.2 Å². The molecule has 18 heavy (non-hydrogen) atoms. The Kier molecular flexibility index (Phi) is 4.16. The number of rotatable bonds is 3. The van der Waals surface area contributed by atoms with Crippen molar-refractivity contribution in [3.63, 3.8) is 0 Å². The predicted molar refractivity (Wildman–Crippen MR) is 69.1 cm³/mol. The van der Waals surface area contributed by atoms with E-state index in [4.69, 9.17) is 17.3 Å². The lowest BCUT2D eigenvalue weighted by Gasteiger charge is -2.14. The Morgan fingerprint density at radius 3 is 3.00 bits per heavy atom. The fraction of sp³-hybridized carbons (Fsp3) is 0.417. The minimum Gasteiger partial charge on any atom is -0.326 e. The molecule has 1 aliphatic rings. The Bertz CT molecular complexity index is 455. The minimum atomic E-state index is -0.533. The number of likely N-dealkylation sites (tertiary alicyclic amines) is 1. The lowest BCUT2D eigenvalue weighted by molar-refractivity contribution is -0.117. The Morgan fingerprint density at radius 2 is 2.39 bits per heavy atom. The summed E-state index contributed by atoms with van der Waals surface area (Å²) in [6.45, 7) is 1.74. The van der Waals surface area contributed by atoms with Crippen molar-refractivity contribution in [2.24, 2.45) is 5.73 Å². The number of hydrogen-bond donors (Lipinski definition) is 2. The molecule has 1 heterocycles. The summed E-state index contributed by atoms with van der Waals surface area (Å²) in [4.78, 5) is 13.7. The van der Waals surface area contributed by atoms with Crippen LogP contribution in [0.4, 0.5) is 10.1 Å². The van der Waals surface area contributed by atoms with Gasteiger partial charge >= 0.3 is 0 Å². The molecule has 1 aromatic rings. The molecule has 0 aliphatic carbocycles. The number of nitrogens with zero attached hydrogens (tertiary/aromatic N) is 1. The lowest BCUT2D eigenvalue weighted by atomic mass is 10.3. The fourth-order valence-corrected chi connectivity index (χ4v) is 2.15. The number of hydrogen-bond acceptors (Lipinski definition) is 3. The highest BCUT2D eigenvalue weighted by Gasteiger charge is 2.21. The summed E-state index contributed by atoms with van der Waals surface area (Å²) < 4.78 is 13.5. The van der Waals surface area contributed by atoms with Gasteiger partial charge in [0.25, 0.3) is 0 Å². The molecule has 1 fully saturated rings. The average Bonchev–Trinajstić information content (AvgIpc) is 2.68. The summed E-state index contributed by atoms with van der Waals surface area (Å²) in [7, 11) is 0. The van der Waals surface area contributed by atoms with Crippen molar-refractivity contribution < 1.29 is 9.18 Å². The number of nitrogens with one attached hydrogen (secondary N) is 1. The van der Waals surface area contributed by atoms with Gasteiger partial charge < -0.3 is 11.1 Å². The first-order chi connectivity index (χ1) is 8.54. The van der Waals surface area contributed by atoms with Gasteiger partial charge in [0, 0.05) is 24.2 Å². The van der Waals surface area contributed by atoms with E-state index in [2.05, 4.69) is 5.32 Å². The summed E-state index contributed by atoms with van der Waals surface area (Å²) in [5.74, 6) is -0.778. The van der Waals surface area contributed by atoms with Crippen molar-refractivity contribution in [1.29, 1.82) is 0 Å². The van der Waals surface area contributed by atoms with Crippen LogP contribution in [0.5, 0.6) is 0 Å². The van der Waals surface area contributed by atoms with E-state index < -0.39 is 5.82 Å². The zero-order chi connectivity index (χ0) is 13.1. The van der Waals surface area contributed by atoms with Gasteiger partial charge in [-0.3, -0.25) is 9.69 Å². The lowest BCUT2D eigenvalue weighted by Crippen LogP contribution is -2.33. The van der Waals surface area contributed by atoms with Crippen LogP contribution in [0.3, 0.4) is 0 Å². The first-order valence-electron chi connectivity index (χ1n) is 5.77. The van der Waals surface area contributed by atoms with Gasteiger partial charge in [-0.15, -0.1) is 0 Å². The highest BCUT2D eigenvalue weighted by Crippen LogP contribution is 2.18. The first kappa shape index (κ1) is 13.3. The molecule has 0 radical (unpaired) electrons. The van der Waals surface area contributed by atoms with Gasteiger partial charge in [-0.05, 0) is 24.6 Å². The van der Waals surface area contributed by atoms with Crippen molar-refractivity contribution in [2.75, 3.05) is 25.0 Å². The van der Waals surface area contributed by atoms with Crippen molar-refractivity contribution in [3.8, 4) is 0 Å². The molecule has 98 valence electrons. The topological polar surface area (TPSA) is 58.4 Å². The maximum atomic E-state index is 13.5. The summed E-state index contributed by atoms with van der Waals surface area (Å²) in [6.07, 6.45) is 0.891. The van der Waals surface area contributed by atoms with Crippen LogP contribution in [-0.2, 0) is 4.79 Å². The second-order valence-electron chi connectivity index (χ2n) is 4.46. The van der Waals surface area contributed by atoms with Crippen LogP contribution in [0, 0.1) is 5.82 Å². The first-order valence-corrected chi connectivity index (χ1v) is 6.15. The molecule has 1 aromatic carbocycles. The molecule has 1 amide bonds. The molecular formula is C12H15ClFN3O. The highest BCUT2D eigenvalue weighted by molar-refractivity contribution is 6.30. The molecule has 1 saturated heterocycles. The molecule has 0 spiro atoms. The van der Waals surface area contributed by atoms with Crippen LogP contribution in [0.25, 0.3) is 0 Å². The second kappa shape index (κ2) is 5.65. The number of nitrogens with two attached hydrogens (primary N) is 1. The SMILES string of the molecule is N[C@H]1CCN(CC(=O)Nc2ccc(Cl)cc2F)C1. The summed E-state index contributed by atoms with van der Waals surface area (Å²) in [5.41, 5.74) is 5.89. The van der Waals surface area contributed by atoms with E-state index in [1.165, 1.54) is 18.2 Å². The number of benzene rings is 1. The molecule has 2 rings (SSSR count). The zero-order valence-corrected chi connectivity index (χ0v) is 10.6. The standard InChI is InChI=1S/C12H15ClFN3O/c13-8-1-2-11(10(14)5-8)16-12(18)7-17-4-3-9(15)6-17/h1-2,5,9H,3-4,6-7,15H2,(H,16,18)/t9-/m0/s1. The Balaban J connectivity index is 1.91. The van der Waals surface area contributed by atoms with E-state index in [9.17, 15) is 9.18 Å². The van der Waals surface area contributed by atoms with Crippen molar-refractivity contribution in [2.45, 2.75) is 12.5 Å². The number of carbonyl (C=O) groups is 1. The van der Waals surface area contributed by atoms with Crippen molar-refractivity contribution in [1.82, 2.24) is 4.90 Å². The fourth-order valence-electron chi connectivity index (χ4n) is 1.99. The maximum Gasteiger partial charge on any atom is 0.238 e. The molecule has 0 saturated carbocycles. The van der Waals surface area contributed by atoms with E-state index in [0.29, 0.717) is 11.6 Å². The molecular weight excluding hydrogens is 257 g/mol. The summed E-state index contributed by atoms with van der Waals surface area (Å²) in [5, 5.41) is 2.83. The number of carbonyl (C=O) groups excluding carboxylic acids is 1. The quantitative estimate of drug-likeness (QED) is 0.875. The largest absolute Gasteiger partial charge is 0.326 e. The smallest absolute Gasteiger partial charge is 0.238 e. The van der Waals surface area contributed by atoms with Gasteiger partial charge in [0.2, 0.25) is 5.91 Å². The van der Waals surface area contributed by atoms with Crippen LogP contribution >= 0.6 is 11.6 Å². The van der Waals surface area contributed by atoms with Crippen LogP contribution < -0.4 is 11.1 Å². The number of anilines is 1. The van der Waals surface area contributed by atoms with Crippen LogP contribution in [0.2, 0.25) is 5.02 Å². The molecule has 0 aromatic heterocycles. The van der Waals surface area contributed by atoms with Gasteiger partial charge in [0.05, 0.1) is 12.2 Å². The highest BCUT2D eigenvalue weighted by atomic mass is 35.5. The molecule has 3 N–H and O–H groups in total. The number of amides is 1. The second-order valence-corrected chi connectivity index (χ2v) is 4.89. The molecule has 0 bridgehead atoms. The maximum absolute atomic E-state index is 13.5. The zero-order valence-electron chi connectivity index (χ0n) is 9.83. The van der Waals surface area contributed by atoms with Crippen molar-refractivity contribution >= 4 is 23.2 Å². The Morgan fingerprint density at radius 1 is 1.61 bits per heavy atom. The third-order valence-electron chi connectivity index (χ3n) is 2.88. The minimum absolute atomic E-state index is 0.130. The summed E-state index contributed by atoms with van der Waals surface area (Å²) in [6, 6.07) is 4.28.